The number of hydrogen-bond donors (Lipinski definition) is 0. The third-order valence-electron chi connectivity index (χ3n) is 9.08. The summed E-state index contributed by atoms with van der Waals surface area (Å²) in [4.78, 5) is 11.6. The van der Waals surface area contributed by atoms with E-state index in [2.05, 4.69) is 42.5 Å². The van der Waals surface area contributed by atoms with Gasteiger partial charge in [0.05, 0.1) is 33.0 Å². The molecule has 2 aromatic rings. The Hall–Kier alpha value is -2.37. The standard InChI is InChI=1S/C30H36O5/c1-32-27-9-8-25(29-17-21-13-22(18-29)15-23(14-21)19-29)16-26(27)30(34-11-12-35-30)24-6-3-20(4-7-24)5-10-28(31)33-2/h3-4,6-9,16,21-23H,5,10-15,17-19H2,1-2H3. The molecule has 0 aromatic heterocycles. The number of esters is 1. The fourth-order valence-corrected chi connectivity index (χ4v) is 7.89. The van der Waals surface area contributed by atoms with Crippen molar-refractivity contribution in [2.45, 2.75) is 62.6 Å². The van der Waals surface area contributed by atoms with Crippen LogP contribution in [0.2, 0.25) is 0 Å². The topological polar surface area (TPSA) is 54.0 Å². The van der Waals surface area contributed by atoms with Gasteiger partial charge < -0.3 is 18.9 Å². The van der Waals surface area contributed by atoms with Crippen molar-refractivity contribution >= 4 is 5.97 Å². The van der Waals surface area contributed by atoms with E-state index in [1.165, 1.54) is 51.2 Å². The number of aryl methyl sites for hydroxylation is 1. The van der Waals surface area contributed by atoms with Crippen LogP contribution in [0.1, 0.15) is 67.2 Å². The third kappa shape index (κ3) is 3.97. The minimum atomic E-state index is -0.982. The quantitative estimate of drug-likeness (QED) is 0.493. The molecule has 7 rings (SSSR count). The Labute approximate surface area is 208 Å². The van der Waals surface area contributed by atoms with E-state index >= 15 is 0 Å². The summed E-state index contributed by atoms with van der Waals surface area (Å²) >= 11 is 0. The Balaban J connectivity index is 1.36. The summed E-state index contributed by atoms with van der Waals surface area (Å²) < 4.78 is 23.5. The van der Waals surface area contributed by atoms with E-state index in [0.717, 1.165) is 40.2 Å². The van der Waals surface area contributed by atoms with Crippen LogP contribution in [0.25, 0.3) is 0 Å². The van der Waals surface area contributed by atoms with E-state index in [9.17, 15) is 4.79 Å². The number of rotatable bonds is 7. The molecule has 2 aromatic carbocycles. The van der Waals surface area contributed by atoms with Crippen LogP contribution in [0.3, 0.4) is 0 Å². The zero-order valence-electron chi connectivity index (χ0n) is 20.9. The van der Waals surface area contributed by atoms with Crippen molar-refractivity contribution in [2.24, 2.45) is 17.8 Å². The summed E-state index contributed by atoms with van der Waals surface area (Å²) in [6, 6.07) is 15.0. The molecular formula is C30H36O5. The van der Waals surface area contributed by atoms with Crippen molar-refractivity contribution in [2.75, 3.05) is 27.4 Å². The molecule has 0 spiro atoms. The molecule has 5 nitrogen and oxygen atoms in total. The van der Waals surface area contributed by atoms with Gasteiger partial charge in [-0.15, -0.1) is 0 Å². The second-order valence-corrected chi connectivity index (χ2v) is 11.2. The molecule has 0 atom stereocenters. The van der Waals surface area contributed by atoms with Gasteiger partial charge in [0.1, 0.15) is 5.75 Å². The lowest BCUT2D eigenvalue weighted by molar-refractivity contribution is -0.140. The fraction of sp³-hybridized carbons (Fsp3) is 0.567. The number of methoxy groups -OCH3 is 2. The molecule has 0 radical (unpaired) electrons. The van der Waals surface area contributed by atoms with Crippen LogP contribution in [0.4, 0.5) is 0 Å². The van der Waals surface area contributed by atoms with Gasteiger partial charge in [0.25, 0.3) is 0 Å². The van der Waals surface area contributed by atoms with Crippen LogP contribution in [-0.4, -0.2) is 33.4 Å². The first-order valence-electron chi connectivity index (χ1n) is 13.2. The zero-order valence-corrected chi connectivity index (χ0v) is 20.9. The SMILES string of the molecule is COC(=O)CCc1ccc(C2(c3cc(C45CC6CC(CC(C6)C4)C5)ccc3OC)OCCO2)cc1. The predicted molar refractivity (Wildman–Crippen MR) is 132 cm³/mol. The first kappa shape index (κ1) is 23.1. The Kier molecular flexibility index (Phi) is 5.89. The molecule has 4 saturated carbocycles. The number of benzene rings is 2. The predicted octanol–water partition coefficient (Wildman–Crippen LogP) is 5.52. The van der Waals surface area contributed by atoms with Gasteiger partial charge in [0.2, 0.25) is 5.79 Å². The van der Waals surface area contributed by atoms with Gasteiger partial charge in [0, 0.05) is 12.0 Å². The van der Waals surface area contributed by atoms with Gasteiger partial charge >= 0.3 is 5.97 Å². The van der Waals surface area contributed by atoms with Gasteiger partial charge in [-0.25, -0.2) is 0 Å². The molecule has 35 heavy (non-hydrogen) atoms. The highest BCUT2D eigenvalue weighted by molar-refractivity contribution is 5.69. The van der Waals surface area contributed by atoms with E-state index < -0.39 is 5.79 Å². The third-order valence-corrected chi connectivity index (χ3v) is 9.08. The minimum absolute atomic E-state index is 0.195. The smallest absolute Gasteiger partial charge is 0.305 e. The molecule has 5 aliphatic rings. The van der Waals surface area contributed by atoms with E-state index in [0.29, 0.717) is 26.1 Å². The maximum absolute atomic E-state index is 11.6. The van der Waals surface area contributed by atoms with Gasteiger partial charge in [-0.3, -0.25) is 4.79 Å². The van der Waals surface area contributed by atoms with Crippen LogP contribution >= 0.6 is 0 Å². The second-order valence-electron chi connectivity index (χ2n) is 11.2. The van der Waals surface area contributed by atoms with Crippen molar-refractivity contribution in [1.29, 1.82) is 0 Å². The van der Waals surface area contributed by atoms with Crippen LogP contribution in [0, 0.1) is 17.8 Å². The normalized spacial score (nSPS) is 30.4. The molecule has 4 aliphatic carbocycles. The van der Waals surface area contributed by atoms with E-state index in [1.54, 1.807) is 7.11 Å². The van der Waals surface area contributed by atoms with Gasteiger partial charge in [-0.2, -0.15) is 0 Å². The number of carbonyl (C=O) groups is 1. The molecule has 1 aliphatic heterocycles. The summed E-state index contributed by atoms with van der Waals surface area (Å²) in [5.41, 5.74) is 4.72. The monoisotopic (exact) mass is 476 g/mol. The molecule has 1 saturated heterocycles. The van der Waals surface area contributed by atoms with Crippen LogP contribution in [-0.2, 0) is 36.6 Å². The molecule has 186 valence electrons. The zero-order chi connectivity index (χ0) is 24.0. The molecule has 0 N–H and O–H groups in total. The van der Waals surface area contributed by atoms with Gasteiger partial charge in [-0.05, 0) is 91.4 Å². The molecule has 4 bridgehead atoms. The first-order valence-corrected chi connectivity index (χ1v) is 13.2. The van der Waals surface area contributed by atoms with Crippen molar-refractivity contribution in [3.63, 3.8) is 0 Å². The van der Waals surface area contributed by atoms with Crippen LogP contribution in [0.5, 0.6) is 5.75 Å². The van der Waals surface area contributed by atoms with E-state index in [4.69, 9.17) is 18.9 Å². The largest absolute Gasteiger partial charge is 0.496 e. The molecule has 5 fully saturated rings. The van der Waals surface area contributed by atoms with Crippen LogP contribution < -0.4 is 4.74 Å². The summed E-state index contributed by atoms with van der Waals surface area (Å²) in [7, 11) is 3.15. The number of carbonyl (C=O) groups excluding carboxylic acids is 1. The minimum Gasteiger partial charge on any atom is -0.496 e. The van der Waals surface area contributed by atoms with Crippen molar-refractivity contribution < 1.29 is 23.7 Å². The van der Waals surface area contributed by atoms with Crippen molar-refractivity contribution in [1.82, 2.24) is 0 Å². The lowest BCUT2D eigenvalue weighted by Gasteiger charge is -2.57. The highest BCUT2D eigenvalue weighted by Gasteiger charge is 2.52. The summed E-state index contributed by atoms with van der Waals surface area (Å²) in [5.74, 6) is 2.28. The lowest BCUT2D eigenvalue weighted by Crippen LogP contribution is -2.48. The molecule has 0 amide bonds. The Morgan fingerprint density at radius 2 is 1.49 bits per heavy atom. The summed E-state index contributed by atoms with van der Waals surface area (Å²) in [6.07, 6.45) is 9.25. The van der Waals surface area contributed by atoms with Gasteiger partial charge in [-0.1, -0.05) is 30.3 Å². The second kappa shape index (κ2) is 8.94. The van der Waals surface area contributed by atoms with E-state index in [-0.39, 0.29) is 11.4 Å². The molecule has 1 heterocycles. The average molecular weight is 477 g/mol. The van der Waals surface area contributed by atoms with Crippen molar-refractivity contribution in [3.8, 4) is 5.75 Å². The number of ether oxygens (including phenoxy) is 4. The average Bonchev–Trinajstić information content (AvgIpc) is 3.37. The maximum atomic E-state index is 11.6. The maximum Gasteiger partial charge on any atom is 0.305 e. The number of hydrogen-bond acceptors (Lipinski definition) is 5. The van der Waals surface area contributed by atoms with E-state index in [1.807, 2.05) is 0 Å². The Morgan fingerprint density at radius 1 is 0.886 bits per heavy atom. The van der Waals surface area contributed by atoms with Crippen molar-refractivity contribution in [3.05, 3.63) is 64.7 Å². The Bertz CT molecular complexity index is 1050. The Morgan fingerprint density at radius 3 is 2.06 bits per heavy atom. The lowest BCUT2D eigenvalue weighted by atomic mass is 9.48. The first-order chi connectivity index (χ1) is 17.0. The molecule has 5 heteroatoms. The summed E-state index contributed by atoms with van der Waals surface area (Å²) in [5, 5.41) is 0. The highest BCUT2D eigenvalue weighted by Crippen LogP contribution is 2.61. The van der Waals surface area contributed by atoms with Crippen LogP contribution in [0.15, 0.2) is 42.5 Å². The van der Waals surface area contributed by atoms with Gasteiger partial charge in [0.15, 0.2) is 0 Å². The summed E-state index contributed by atoms with van der Waals surface area (Å²) in [6.45, 7) is 1.07. The highest BCUT2D eigenvalue weighted by atomic mass is 16.7. The molecule has 0 unspecified atom stereocenters. The molecular weight excluding hydrogens is 440 g/mol. The fourth-order valence-electron chi connectivity index (χ4n) is 7.89.